The second kappa shape index (κ2) is 3.97. The summed E-state index contributed by atoms with van der Waals surface area (Å²) in [6.07, 6.45) is 3.64. The van der Waals surface area contributed by atoms with E-state index < -0.39 is 0 Å². The fourth-order valence-electron chi connectivity index (χ4n) is 2.84. The van der Waals surface area contributed by atoms with Gasteiger partial charge >= 0.3 is 0 Å². The summed E-state index contributed by atoms with van der Waals surface area (Å²) in [6, 6.07) is 10.6. The first kappa shape index (κ1) is 10.7. The van der Waals surface area contributed by atoms with E-state index in [2.05, 4.69) is 44.2 Å². The van der Waals surface area contributed by atoms with E-state index in [4.69, 9.17) is 5.73 Å². The molecule has 3 unspecified atom stereocenters. The molecular weight excluding hydrogens is 182 g/mol. The first-order chi connectivity index (χ1) is 7.13. The molecule has 2 N–H and O–H groups in total. The molecule has 15 heavy (non-hydrogen) atoms. The highest BCUT2D eigenvalue weighted by Crippen LogP contribution is 2.41. The van der Waals surface area contributed by atoms with E-state index in [1.165, 1.54) is 18.4 Å². The van der Waals surface area contributed by atoms with Gasteiger partial charge in [0.1, 0.15) is 0 Å². The average Bonchev–Trinajstić information content (AvgIpc) is 2.25. The summed E-state index contributed by atoms with van der Waals surface area (Å²) in [7, 11) is 0. The van der Waals surface area contributed by atoms with Crippen LogP contribution in [0.15, 0.2) is 30.3 Å². The van der Waals surface area contributed by atoms with Gasteiger partial charge in [0.05, 0.1) is 0 Å². The lowest BCUT2D eigenvalue weighted by molar-refractivity contribution is 0.164. The Morgan fingerprint density at radius 1 is 1.20 bits per heavy atom. The van der Waals surface area contributed by atoms with E-state index in [-0.39, 0.29) is 5.54 Å². The lowest BCUT2D eigenvalue weighted by Gasteiger charge is -2.42. The van der Waals surface area contributed by atoms with Crippen LogP contribution in [0.2, 0.25) is 0 Å². The smallest absolute Gasteiger partial charge is 0.0435 e. The first-order valence-corrected chi connectivity index (χ1v) is 5.97. The van der Waals surface area contributed by atoms with Crippen molar-refractivity contribution >= 4 is 0 Å². The third kappa shape index (κ3) is 1.93. The van der Waals surface area contributed by atoms with Gasteiger partial charge in [0, 0.05) is 5.54 Å². The topological polar surface area (TPSA) is 26.0 Å². The van der Waals surface area contributed by atoms with Crippen molar-refractivity contribution in [2.24, 2.45) is 17.6 Å². The van der Waals surface area contributed by atoms with Gasteiger partial charge < -0.3 is 5.73 Å². The molecule has 82 valence electrons. The van der Waals surface area contributed by atoms with E-state index in [9.17, 15) is 0 Å². The summed E-state index contributed by atoms with van der Waals surface area (Å²) in [5.41, 5.74) is 7.81. The van der Waals surface area contributed by atoms with E-state index >= 15 is 0 Å². The van der Waals surface area contributed by atoms with Crippen LogP contribution in [-0.2, 0) is 5.54 Å². The highest BCUT2D eigenvalue weighted by molar-refractivity contribution is 5.25. The van der Waals surface area contributed by atoms with Crippen LogP contribution in [0.25, 0.3) is 0 Å². The van der Waals surface area contributed by atoms with Crippen molar-refractivity contribution in [1.29, 1.82) is 0 Å². The molecule has 1 aromatic rings. The van der Waals surface area contributed by atoms with Crippen molar-refractivity contribution in [3.05, 3.63) is 35.9 Å². The van der Waals surface area contributed by atoms with Crippen LogP contribution in [-0.4, -0.2) is 0 Å². The largest absolute Gasteiger partial charge is 0.321 e. The molecule has 1 aliphatic rings. The fourth-order valence-corrected chi connectivity index (χ4v) is 2.84. The highest BCUT2D eigenvalue weighted by Gasteiger charge is 2.37. The minimum Gasteiger partial charge on any atom is -0.321 e. The van der Waals surface area contributed by atoms with E-state index in [0.717, 1.165) is 12.3 Å². The van der Waals surface area contributed by atoms with Gasteiger partial charge in [0.15, 0.2) is 0 Å². The number of hydrogen-bond donors (Lipinski definition) is 1. The molecule has 3 atom stereocenters. The number of nitrogens with two attached hydrogens (primary N) is 1. The van der Waals surface area contributed by atoms with Gasteiger partial charge in [0.25, 0.3) is 0 Å². The van der Waals surface area contributed by atoms with Gasteiger partial charge in [-0.25, -0.2) is 0 Å². The van der Waals surface area contributed by atoms with Crippen molar-refractivity contribution in [2.75, 3.05) is 0 Å². The van der Waals surface area contributed by atoms with Crippen LogP contribution < -0.4 is 5.73 Å². The molecule has 1 aliphatic carbocycles. The molecule has 0 amide bonds. The van der Waals surface area contributed by atoms with E-state index in [0.29, 0.717) is 5.92 Å². The Balaban J connectivity index is 2.27. The van der Waals surface area contributed by atoms with Gasteiger partial charge in [-0.05, 0) is 36.7 Å². The Bertz CT molecular complexity index is 319. The summed E-state index contributed by atoms with van der Waals surface area (Å²) in [6.45, 7) is 4.63. The summed E-state index contributed by atoms with van der Waals surface area (Å²) in [5, 5.41) is 0. The minimum atomic E-state index is -0.0895. The molecule has 1 nitrogen and oxygen atoms in total. The van der Waals surface area contributed by atoms with Gasteiger partial charge in [0.2, 0.25) is 0 Å². The Morgan fingerprint density at radius 3 is 2.47 bits per heavy atom. The van der Waals surface area contributed by atoms with Crippen molar-refractivity contribution in [2.45, 2.75) is 38.6 Å². The molecule has 2 rings (SSSR count). The molecule has 1 aromatic carbocycles. The maximum Gasteiger partial charge on any atom is 0.0435 e. The second-order valence-corrected chi connectivity index (χ2v) is 5.19. The van der Waals surface area contributed by atoms with Gasteiger partial charge in [-0.3, -0.25) is 0 Å². The third-order valence-electron chi connectivity index (χ3n) is 4.00. The van der Waals surface area contributed by atoms with Crippen LogP contribution in [0.4, 0.5) is 0 Å². The number of benzene rings is 1. The summed E-state index contributed by atoms with van der Waals surface area (Å²) < 4.78 is 0. The molecule has 1 fully saturated rings. The predicted octanol–water partition coefficient (Wildman–Crippen LogP) is 3.30. The first-order valence-electron chi connectivity index (χ1n) is 5.97. The molecule has 1 saturated carbocycles. The van der Waals surface area contributed by atoms with Gasteiger partial charge in [-0.15, -0.1) is 0 Å². The fraction of sp³-hybridized carbons (Fsp3) is 0.571. The molecule has 0 radical (unpaired) electrons. The number of rotatable bonds is 1. The van der Waals surface area contributed by atoms with Crippen LogP contribution >= 0.6 is 0 Å². The molecule has 0 aromatic heterocycles. The van der Waals surface area contributed by atoms with Crippen LogP contribution in [0, 0.1) is 11.8 Å². The molecule has 0 heterocycles. The van der Waals surface area contributed by atoms with Gasteiger partial charge in [-0.1, -0.05) is 44.2 Å². The SMILES string of the molecule is CC1CCC(N)(c2ccccc2)C(C)C1. The lowest BCUT2D eigenvalue weighted by Crippen LogP contribution is -2.46. The van der Waals surface area contributed by atoms with Crippen molar-refractivity contribution < 1.29 is 0 Å². The summed E-state index contributed by atoms with van der Waals surface area (Å²) in [4.78, 5) is 0. The zero-order chi connectivity index (χ0) is 10.9. The van der Waals surface area contributed by atoms with Crippen LogP contribution in [0.1, 0.15) is 38.7 Å². The molecule has 1 heteroatoms. The Labute approximate surface area is 92.7 Å². The zero-order valence-electron chi connectivity index (χ0n) is 9.74. The van der Waals surface area contributed by atoms with Crippen molar-refractivity contribution in [3.63, 3.8) is 0 Å². The highest BCUT2D eigenvalue weighted by atomic mass is 14.8. The molecule has 0 bridgehead atoms. The van der Waals surface area contributed by atoms with Crippen molar-refractivity contribution in [3.8, 4) is 0 Å². The summed E-state index contributed by atoms with van der Waals surface area (Å²) >= 11 is 0. The zero-order valence-corrected chi connectivity index (χ0v) is 9.74. The van der Waals surface area contributed by atoms with E-state index in [1.54, 1.807) is 0 Å². The lowest BCUT2D eigenvalue weighted by atomic mass is 9.67. The second-order valence-electron chi connectivity index (χ2n) is 5.19. The van der Waals surface area contributed by atoms with Crippen LogP contribution in [0.5, 0.6) is 0 Å². The Morgan fingerprint density at radius 2 is 1.87 bits per heavy atom. The maximum atomic E-state index is 6.59. The minimum absolute atomic E-state index is 0.0895. The summed E-state index contributed by atoms with van der Waals surface area (Å²) in [5.74, 6) is 1.42. The van der Waals surface area contributed by atoms with Crippen molar-refractivity contribution in [1.82, 2.24) is 0 Å². The maximum absolute atomic E-state index is 6.59. The molecule has 0 aliphatic heterocycles. The molecule has 0 saturated heterocycles. The predicted molar refractivity (Wildman–Crippen MR) is 64.5 cm³/mol. The normalized spacial score (nSPS) is 36.5. The quantitative estimate of drug-likeness (QED) is 0.744. The Kier molecular flexibility index (Phi) is 2.83. The molecule has 0 spiro atoms. The third-order valence-corrected chi connectivity index (χ3v) is 4.00. The Hall–Kier alpha value is -0.820. The molecular formula is C14H21N. The van der Waals surface area contributed by atoms with Gasteiger partial charge in [-0.2, -0.15) is 0 Å². The monoisotopic (exact) mass is 203 g/mol. The van der Waals surface area contributed by atoms with Crippen LogP contribution in [0.3, 0.4) is 0 Å². The van der Waals surface area contributed by atoms with E-state index in [1.807, 2.05) is 0 Å². The average molecular weight is 203 g/mol. The standard InChI is InChI=1S/C14H21N/c1-11-8-9-14(15,12(2)10-11)13-6-4-3-5-7-13/h3-7,11-12H,8-10,15H2,1-2H3. The number of hydrogen-bond acceptors (Lipinski definition) is 1.